The molecule has 0 aromatic heterocycles. The molecular weight excluding hydrogens is 342 g/mol. The zero-order chi connectivity index (χ0) is 14.9. The summed E-state index contributed by atoms with van der Waals surface area (Å²) in [7, 11) is 0. The van der Waals surface area contributed by atoms with Crippen molar-refractivity contribution >= 4 is 63.7 Å². The predicted octanol–water partition coefficient (Wildman–Crippen LogP) is 5.13. The van der Waals surface area contributed by atoms with E-state index in [0.29, 0.717) is 21.3 Å². The minimum absolute atomic E-state index is 0.261. The highest BCUT2D eigenvalue weighted by molar-refractivity contribution is 6.39. The number of nitrogens with one attached hydrogen (secondary N) is 1. The van der Waals surface area contributed by atoms with Crippen molar-refractivity contribution < 1.29 is 4.79 Å². The summed E-state index contributed by atoms with van der Waals surface area (Å²) >= 11 is 23.5. The van der Waals surface area contributed by atoms with Crippen LogP contribution in [0.4, 0.5) is 11.4 Å². The third-order valence-electron chi connectivity index (χ3n) is 2.46. The fourth-order valence-corrected chi connectivity index (χ4v) is 2.56. The van der Waals surface area contributed by atoms with Crippen LogP contribution in [0.1, 0.15) is 10.4 Å². The summed E-state index contributed by atoms with van der Waals surface area (Å²) < 4.78 is 0. The second-order valence-corrected chi connectivity index (χ2v) is 5.65. The van der Waals surface area contributed by atoms with Gasteiger partial charge in [-0.05, 0) is 30.3 Å². The molecule has 0 bridgehead atoms. The highest BCUT2D eigenvalue weighted by Crippen LogP contribution is 2.31. The Morgan fingerprint density at radius 2 is 1.40 bits per heavy atom. The lowest BCUT2D eigenvalue weighted by molar-refractivity contribution is 0.102. The first-order valence-corrected chi connectivity index (χ1v) is 6.90. The highest BCUT2D eigenvalue weighted by Gasteiger charge is 2.11. The summed E-state index contributed by atoms with van der Waals surface area (Å²) in [6.45, 7) is 0. The van der Waals surface area contributed by atoms with E-state index in [-0.39, 0.29) is 21.6 Å². The summed E-state index contributed by atoms with van der Waals surface area (Å²) in [4.78, 5) is 12.1. The van der Waals surface area contributed by atoms with Gasteiger partial charge in [-0.25, -0.2) is 0 Å². The molecule has 0 fully saturated rings. The second kappa shape index (κ2) is 6.10. The molecule has 3 nitrogen and oxygen atoms in total. The Morgan fingerprint density at radius 3 is 1.90 bits per heavy atom. The molecule has 7 heteroatoms. The topological polar surface area (TPSA) is 55.1 Å². The monoisotopic (exact) mass is 348 g/mol. The van der Waals surface area contributed by atoms with Gasteiger partial charge in [-0.3, -0.25) is 4.79 Å². The minimum atomic E-state index is -0.383. The quantitative estimate of drug-likeness (QED) is 0.738. The normalized spacial score (nSPS) is 10.4. The molecule has 0 saturated carbocycles. The number of hydrogen-bond donors (Lipinski definition) is 2. The minimum Gasteiger partial charge on any atom is -0.396 e. The Balaban J connectivity index is 2.28. The predicted molar refractivity (Wildman–Crippen MR) is 85.3 cm³/mol. The van der Waals surface area contributed by atoms with E-state index in [2.05, 4.69) is 5.32 Å². The first-order valence-electron chi connectivity index (χ1n) is 5.39. The third-order valence-corrected chi connectivity index (χ3v) is 3.52. The maximum Gasteiger partial charge on any atom is 0.255 e. The average molecular weight is 350 g/mol. The Labute approximate surface area is 135 Å². The first-order chi connectivity index (χ1) is 9.36. The standard InChI is InChI=1S/C13H8Cl4N2O/c14-7-1-6(2-8(15)3-7)13(20)19-9-4-10(16)12(18)11(17)5-9/h1-5H,18H2,(H,19,20). The van der Waals surface area contributed by atoms with Crippen LogP contribution in [0, 0.1) is 0 Å². The number of carbonyl (C=O) groups excluding carboxylic acids is 1. The Kier molecular flexibility index (Phi) is 4.66. The Hall–Kier alpha value is -1.13. The smallest absolute Gasteiger partial charge is 0.255 e. The van der Waals surface area contributed by atoms with Crippen LogP contribution in [-0.2, 0) is 0 Å². The van der Waals surface area contributed by atoms with E-state index >= 15 is 0 Å². The van der Waals surface area contributed by atoms with Gasteiger partial charge in [-0.15, -0.1) is 0 Å². The number of nitrogen functional groups attached to an aromatic ring is 1. The van der Waals surface area contributed by atoms with Gasteiger partial charge in [0.2, 0.25) is 0 Å². The molecule has 0 spiro atoms. The molecule has 0 atom stereocenters. The lowest BCUT2D eigenvalue weighted by Gasteiger charge is -2.09. The van der Waals surface area contributed by atoms with Crippen LogP contribution < -0.4 is 11.1 Å². The number of benzene rings is 2. The largest absolute Gasteiger partial charge is 0.396 e. The van der Waals surface area contributed by atoms with E-state index in [0.717, 1.165) is 0 Å². The summed E-state index contributed by atoms with van der Waals surface area (Å²) in [5, 5.41) is 3.91. The van der Waals surface area contributed by atoms with Gasteiger partial charge in [0.15, 0.2) is 0 Å². The molecule has 3 N–H and O–H groups in total. The number of anilines is 2. The van der Waals surface area contributed by atoms with Crippen molar-refractivity contribution in [3.05, 3.63) is 56.0 Å². The molecule has 2 rings (SSSR count). The number of hydrogen-bond acceptors (Lipinski definition) is 2. The van der Waals surface area contributed by atoms with Crippen LogP contribution in [0.5, 0.6) is 0 Å². The average Bonchev–Trinajstić information content (AvgIpc) is 2.34. The van der Waals surface area contributed by atoms with E-state index in [4.69, 9.17) is 52.1 Å². The summed E-state index contributed by atoms with van der Waals surface area (Å²) in [5.41, 5.74) is 6.63. The van der Waals surface area contributed by atoms with Crippen molar-refractivity contribution in [3.8, 4) is 0 Å². The molecule has 0 saturated heterocycles. The SMILES string of the molecule is Nc1c(Cl)cc(NC(=O)c2cc(Cl)cc(Cl)c2)cc1Cl. The molecule has 0 heterocycles. The zero-order valence-corrected chi connectivity index (χ0v) is 12.9. The number of carbonyl (C=O) groups is 1. The van der Waals surface area contributed by atoms with E-state index in [1.165, 1.54) is 30.3 Å². The fraction of sp³-hybridized carbons (Fsp3) is 0. The molecule has 2 aromatic carbocycles. The maximum atomic E-state index is 12.1. The third kappa shape index (κ3) is 3.49. The van der Waals surface area contributed by atoms with Crippen LogP contribution >= 0.6 is 46.4 Å². The van der Waals surface area contributed by atoms with Gasteiger partial charge < -0.3 is 11.1 Å². The van der Waals surface area contributed by atoms with Gasteiger partial charge in [0.1, 0.15) is 0 Å². The number of rotatable bonds is 2. The van der Waals surface area contributed by atoms with E-state index < -0.39 is 0 Å². The van der Waals surface area contributed by atoms with Gasteiger partial charge in [0.05, 0.1) is 15.7 Å². The maximum absolute atomic E-state index is 12.1. The van der Waals surface area contributed by atoms with Crippen LogP contribution in [-0.4, -0.2) is 5.91 Å². The summed E-state index contributed by atoms with van der Waals surface area (Å²) in [6.07, 6.45) is 0. The number of amides is 1. The second-order valence-electron chi connectivity index (χ2n) is 3.97. The van der Waals surface area contributed by atoms with Gasteiger partial charge in [0, 0.05) is 21.3 Å². The molecule has 0 aliphatic heterocycles. The van der Waals surface area contributed by atoms with Crippen LogP contribution in [0.25, 0.3) is 0 Å². The lowest BCUT2D eigenvalue weighted by Crippen LogP contribution is -2.12. The van der Waals surface area contributed by atoms with Gasteiger partial charge >= 0.3 is 0 Å². The van der Waals surface area contributed by atoms with Crippen LogP contribution in [0.3, 0.4) is 0 Å². The molecular formula is C13H8Cl4N2O. The first kappa shape index (κ1) is 15.3. The van der Waals surface area contributed by atoms with Crippen LogP contribution in [0.15, 0.2) is 30.3 Å². The van der Waals surface area contributed by atoms with Crippen molar-refractivity contribution in [1.29, 1.82) is 0 Å². The van der Waals surface area contributed by atoms with Gasteiger partial charge in [-0.1, -0.05) is 46.4 Å². The van der Waals surface area contributed by atoms with E-state index in [1.54, 1.807) is 0 Å². The van der Waals surface area contributed by atoms with Crippen LogP contribution in [0.2, 0.25) is 20.1 Å². The van der Waals surface area contributed by atoms with Crippen molar-refractivity contribution in [2.45, 2.75) is 0 Å². The molecule has 20 heavy (non-hydrogen) atoms. The van der Waals surface area contributed by atoms with Crippen molar-refractivity contribution in [1.82, 2.24) is 0 Å². The molecule has 104 valence electrons. The summed E-state index contributed by atoms with van der Waals surface area (Å²) in [6, 6.07) is 7.56. The Bertz CT molecular complexity index is 645. The zero-order valence-electron chi connectivity index (χ0n) is 9.88. The summed E-state index contributed by atoms with van der Waals surface area (Å²) in [5.74, 6) is -0.383. The van der Waals surface area contributed by atoms with E-state index in [9.17, 15) is 4.79 Å². The molecule has 0 unspecified atom stereocenters. The molecule has 0 radical (unpaired) electrons. The molecule has 2 aromatic rings. The highest BCUT2D eigenvalue weighted by atomic mass is 35.5. The van der Waals surface area contributed by atoms with Gasteiger partial charge in [-0.2, -0.15) is 0 Å². The molecule has 0 aliphatic rings. The molecule has 1 amide bonds. The number of halogens is 4. The van der Waals surface area contributed by atoms with Crippen molar-refractivity contribution in [2.24, 2.45) is 0 Å². The Morgan fingerprint density at radius 1 is 0.900 bits per heavy atom. The van der Waals surface area contributed by atoms with Gasteiger partial charge in [0.25, 0.3) is 5.91 Å². The van der Waals surface area contributed by atoms with Crippen molar-refractivity contribution in [3.63, 3.8) is 0 Å². The lowest BCUT2D eigenvalue weighted by atomic mass is 10.2. The fourth-order valence-electron chi connectivity index (χ4n) is 1.54. The van der Waals surface area contributed by atoms with Crippen molar-refractivity contribution in [2.75, 3.05) is 11.1 Å². The number of nitrogens with two attached hydrogens (primary N) is 1. The van der Waals surface area contributed by atoms with E-state index in [1.807, 2.05) is 0 Å². The molecule has 0 aliphatic carbocycles.